The summed E-state index contributed by atoms with van der Waals surface area (Å²) in [4.78, 5) is 8.83. The van der Waals surface area contributed by atoms with Crippen LogP contribution < -0.4 is 0 Å². The second kappa shape index (κ2) is 6.45. The molecule has 0 spiro atoms. The van der Waals surface area contributed by atoms with E-state index in [1.165, 1.54) is 0 Å². The zero-order valence-corrected chi connectivity index (χ0v) is 9.22. The highest BCUT2D eigenvalue weighted by atomic mass is 33.1. The lowest BCUT2D eigenvalue weighted by atomic mass is 10.5. The van der Waals surface area contributed by atoms with E-state index in [0.717, 1.165) is 9.93 Å². The van der Waals surface area contributed by atoms with Gasteiger partial charge in [0.05, 0.1) is 0 Å². The second-order valence-electron chi connectivity index (χ2n) is 2.25. The minimum Gasteiger partial charge on any atom is -0.271 e. The molecule has 72 valence electrons. The Kier molecular flexibility index (Phi) is 5.11. The van der Waals surface area contributed by atoms with E-state index in [1.807, 2.05) is 18.2 Å². The van der Waals surface area contributed by atoms with Crippen LogP contribution >= 0.6 is 21.6 Å². The number of hydrogen-bond donors (Lipinski definition) is 0. The van der Waals surface area contributed by atoms with Crippen LogP contribution in [0.2, 0.25) is 0 Å². The Labute approximate surface area is 91.6 Å². The van der Waals surface area contributed by atoms with Crippen molar-refractivity contribution in [3.8, 4) is 0 Å². The van der Waals surface area contributed by atoms with Gasteiger partial charge < -0.3 is 0 Å². The van der Waals surface area contributed by atoms with Crippen molar-refractivity contribution < 1.29 is 0 Å². The van der Waals surface area contributed by atoms with Crippen molar-refractivity contribution in [2.45, 2.75) is 5.03 Å². The van der Waals surface area contributed by atoms with Crippen LogP contribution in [0.4, 0.5) is 0 Å². The molecular formula is C10H10N2S2. The van der Waals surface area contributed by atoms with Gasteiger partial charge in [-0.05, 0) is 40.4 Å². The van der Waals surface area contributed by atoms with Crippen molar-refractivity contribution in [2.75, 3.05) is 0 Å². The molecular weight excluding hydrogens is 212 g/mol. The van der Waals surface area contributed by atoms with Gasteiger partial charge in [0.15, 0.2) is 0 Å². The Morgan fingerprint density at radius 2 is 2.36 bits per heavy atom. The lowest BCUT2D eigenvalue weighted by Gasteiger charge is -1.98. The first-order valence-electron chi connectivity index (χ1n) is 3.91. The summed E-state index contributed by atoms with van der Waals surface area (Å²) in [6.45, 7) is 7.07. The molecule has 0 aliphatic rings. The summed E-state index contributed by atoms with van der Waals surface area (Å²) in [5.74, 6) is 0. The zero-order valence-electron chi connectivity index (χ0n) is 7.59. The molecule has 0 amide bonds. The van der Waals surface area contributed by atoms with E-state index >= 15 is 0 Å². The molecule has 1 heterocycles. The van der Waals surface area contributed by atoms with Gasteiger partial charge in [0, 0.05) is 17.3 Å². The molecule has 14 heavy (non-hydrogen) atoms. The van der Waals surface area contributed by atoms with Crippen molar-refractivity contribution in [3.05, 3.63) is 48.2 Å². The highest BCUT2D eigenvalue weighted by molar-refractivity contribution is 8.78. The third-order valence-corrected chi connectivity index (χ3v) is 3.58. The van der Waals surface area contributed by atoms with Crippen molar-refractivity contribution in [1.29, 1.82) is 0 Å². The van der Waals surface area contributed by atoms with Gasteiger partial charge in [-0.1, -0.05) is 18.7 Å². The Hall–Kier alpha value is -1.00. The summed E-state index contributed by atoms with van der Waals surface area (Å²) >= 11 is 0. The number of allylic oxidation sites excluding steroid dienone is 1. The van der Waals surface area contributed by atoms with E-state index in [4.69, 9.17) is 0 Å². The quantitative estimate of drug-likeness (QED) is 0.433. The predicted octanol–water partition coefficient (Wildman–Crippen LogP) is 3.55. The van der Waals surface area contributed by atoms with E-state index in [9.17, 15) is 0 Å². The normalized spacial score (nSPS) is 11.0. The van der Waals surface area contributed by atoms with Gasteiger partial charge in [0.2, 0.25) is 0 Å². The Morgan fingerprint density at radius 1 is 1.50 bits per heavy atom. The molecule has 0 radical (unpaired) electrons. The van der Waals surface area contributed by atoms with E-state index in [2.05, 4.69) is 23.3 Å². The number of pyridine rings is 1. The van der Waals surface area contributed by atoms with Gasteiger partial charge in [-0.25, -0.2) is 4.98 Å². The Morgan fingerprint density at radius 3 is 2.93 bits per heavy atom. The summed E-state index contributed by atoms with van der Waals surface area (Å²) in [6, 6.07) is 5.81. The lowest BCUT2D eigenvalue weighted by Crippen LogP contribution is -1.73. The Bertz CT molecular complexity index is 333. The minimum atomic E-state index is 0.967. The van der Waals surface area contributed by atoms with Gasteiger partial charge >= 0.3 is 0 Å². The van der Waals surface area contributed by atoms with E-state index in [1.54, 1.807) is 40.1 Å². The van der Waals surface area contributed by atoms with Crippen LogP contribution in [0.5, 0.6) is 0 Å². The summed E-state index contributed by atoms with van der Waals surface area (Å²) in [5, 5.41) is 0.967. The van der Waals surface area contributed by atoms with Crippen LogP contribution in [0.25, 0.3) is 0 Å². The molecule has 0 saturated carbocycles. The average Bonchev–Trinajstić information content (AvgIpc) is 2.25. The molecule has 0 fully saturated rings. The Balaban J connectivity index is 2.52. The van der Waals surface area contributed by atoms with Gasteiger partial charge in [-0.3, -0.25) is 4.99 Å². The third kappa shape index (κ3) is 3.81. The molecule has 4 heteroatoms. The van der Waals surface area contributed by atoms with Gasteiger partial charge in [-0.15, -0.1) is 0 Å². The molecule has 2 nitrogen and oxygen atoms in total. The first-order chi connectivity index (χ1) is 6.86. The first-order valence-corrected chi connectivity index (χ1v) is 6.06. The maximum atomic E-state index is 4.18. The highest BCUT2D eigenvalue weighted by Gasteiger charge is 1.96. The average molecular weight is 222 g/mol. The number of aromatic nitrogens is 1. The van der Waals surface area contributed by atoms with Crippen LogP contribution in [-0.2, 0) is 0 Å². The van der Waals surface area contributed by atoms with E-state index in [0.29, 0.717) is 0 Å². The number of aliphatic imine (C=N–C) groups is 1. The standard InChI is InChI=1S/C10H10N2S2/c1-3-9(8-11-2)13-14-10-6-4-5-7-12-10/h3-8H,1-2H2/b9-8+. The van der Waals surface area contributed by atoms with Gasteiger partial charge in [-0.2, -0.15) is 0 Å². The maximum absolute atomic E-state index is 4.18. The summed E-state index contributed by atoms with van der Waals surface area (Å²) < 4.78 is 0. The van der Waals surface area contributed by atoms with Gasteiger partial charge in [0.25, 0.3) is 0 Å². The molecule has 0 atom stereocenters. The molecule has 1 aromatic heterocycles. The van der Waals surface area contributed by atoms with Crippen molar-refractivity contribution in [2.24, 2.45) is 4.99 Å². The molecule has 0 bridgehead atoms. The van der Waals surface area contributed by atoms with Gasteiger partial charge in [0.1, 0.15) is 5.03 Å². The largest absolute Gasteiger partial charge is 0.271 e. The van der Waals surface area contributed by atoms with E-state index < -0.39 is 0 Å². The fourth-order valence-electron chi connectivity index (χ4n) is 0.685. The van der Waals surface area contributed by atoms with Crippen molar-refractivity contribution >= 4 is 28.3 Å². The fraction of sp³-hybridized carbons (Fsp3) is 0. The molecule has 0 aliphatic heterocycles. The molecule has 1 rings (SSSR count). The molecule has 0 unspecified atom stereocenters. The van der Waals surface area contributed by atoms with Crippen LogP contribution in [0.15, 0.2) is 58.2 Å². The third-order valence-electron chi connectivity index (χ3n) is 1.28. The number of rotatable bonds is 5. The topological polar surface area (TPSA) is 25.2 Å². The molecule has 0 N–H and O–H groups in total. The monoisotopic (exact) mass is 222 g/mol. The van der Waals surface area contributed by atoms with Crippen LogP contribution in [-0.4, -0.2) is 11.7 Å². The molecule has 1 aromatic rings. The summed E-state index contributed by atoms with van der Waals surface area (Å²) in [5.41, 5.74) is 0. The number of hydrogen-bond acceptors (Lipinski definition) is 4. The maximum Gasteiger partial charge on any atom is 0.107 e. The summed E-state index contributed by atoms with van der Waals surface area (Å²) in [6.07, 6.45) is 5.19. The second-order valence-corrected chi connectivity index (χ2v) is 4.48. The molecule has 0 saturated heterocycles. The van der Waals surface area contributed by atoms with Crippen molar-refractivity contribution in [3.63, 3.8) is 0 Å². The van der Waals surface area contributed by atoms with Crippen LogP contribution in [0.1, 0.15) is 0 Å². The highest BCUT2D eigenvalue weighted by Crippen LogP contribution is 2.35. The summed E-state index contributed by atoms with van der Waals surface area (Å²) in [7, 11) is 3.13. The first kappa shape index (κ1) is 11.1. The molecule has 0 aromatic carbocycles. The molecule has 0 aliphatic carbocycles. The van der Waals surface area contributed by atoms with Crippen LogP contribution in [0, 0.1) is 0 Å². The van der Waals surface area contributed by atoms with Crippen LogP contribution in [0.3, 0.4) is 0 Å². The SMILES string of the molecule is C=C/C(=C\N=C)SSc1ccccn1. The predicted molar refractivity (Wildman–Crippen MR) is 65.5 cm³/mol. The number of nitrogens with zero attached hydrogens (tertiary/aromatic N) is 2. The lowest BCUT2D eigenvalue weighted by molar-refractivity contribution is 1.14. The van der Waals surface area contributed by atoms with Crippen molar-refractivity contribution in [1.82, 2.24) is 4.98 Å². The minimum absolute atomic E-state index is 0.967. The zero-order chi connectivity index (χ0) is 10.2. The smallest absolute Gasteiger partial charge is 0.107 e. The van der Waals surface area contributed by atoms with E-state index in [-0.39, 0.29) is 0 Å². The fourth-order valence-corrected chi connectivity index (χ4v) is 2.46.